The van der Waals surface area contributed by atoms with Gasteiger partial charge in [0.05, 0.1) is 19.8 Å². The maximum atomic E-state index is 5.71. The normalized spacial score (nSPS) is 24.4. The van der Waals surface area contributed by atoms with Gasteiger partial charge in [-0.1, -0.05) is 38.1 Å². The molecule has 0 radical (unpaired) electrons. The summed E-state index contributed by atoms with van der Waals surface area (Å²) in [5.74, 6) is 3.16. The van der Waals surface area contributed by atoms with Crippen LogP contribution in [0.25, 0.3) is 0 Å². The first-order chi connectivity index (χ1) is 15.1. The van der Waals surface area contributed by atoms with Crippen LogP contribution in [0.1, 0.15) is 37.8 Å². The average Bonchev–Trinajstić information content (AvgIpc) is 3.21. The van der Waals surface area contributed by atoms with Crippen molar-refractivity contribution in [2.45, 2.75) is 39.8 Å². The highest BCUT2D eigenvalue weighted by Gasteiger charge is 2.25. The second-order valence-corrected chi connectivity index (χ2v) is 9.53. The number of rotatable bonds is 9. The Morgan fingerprint density at radius 3 is 2.41 bits per heavy atom. The number of methoxy groups -OCH3 is 1. The monoisotopic (exact) mass is 558 g/mol. The Kier molecular flexibility index (Phi) is 12.3. The number of nitrogens with zero attached hydrogens (tertiary/aromatic N) is 3. The lowest BCUT2D eigenvalue weighted by molar-refractivity contribution is 0.0536. The van der Waals surface area contributed by atoms with Gasteiger partial charge in [0, 0.05) is 59.3 Å². The van der Waals surface area contributed by atoms with Gasteiger partial charge in [0.15, 0.2) is 5.96 Å². The van der Waals surface area contributed by atoms with E-state index in [1.165, 1.54) is 30.6 Å². The molecule has 0 amide bonds. The minimum Gasteiger partial charge on any atom is -0.382 e. The van der Waals surface area contributed by atoms with E-state index in [1.807, 2.05) is 7.05 Å². The first kappa shape index (κ1) is 27.3. The van der Waals surface area contributed by atoms with Crippen molar-refractivity contribution < 1.29 is 9.47 Å². The number of aliphatic imine (C=N–C) groups is 1. The van der Waals surface area contributed by atoms with Crippen LogP contribution in [0.2, 0.25) is 0 Å². The number of guanidine groups is 1. The molecule has 1 aromatic rings. The highest BCUT2D eigenvalue weighted by Crippen LogP contribution is 2.22. The largest absolute Gasteiger partial charge is 0.382 e. The van der Waals surface area contributed by atoms with Gasteiger partial charge < -0.3 is 19.7 Å². The Labute approximate surface area is 212 Å². The van der Waals surface area contributed by atoms with Crippen LogP contribution in [0, 0.1) is 17.8 Å². The van der Waals surface area contributed by atoms with Gasteiger partial charge in [-0.05, 0) is 35.8 Å². The first-order valence-corrected chi connectivity index (χ1v) is 11.9. The minimum absolute atomic E-state index is 0. The molecule has 3 unspecified atom stereocenters. The van der Waals surface area contributed by atoms with E-state index in [1.54, 1.807) is 7.11 Å². The zero-order valence-corrected chi connectivity index (χ0v) is 22.7. The smallest absolute Gasteiger partial charge is 0.193 e. The molecule has 2 aliphatic heterocycles. The fraction of sp³-hybridized carbons (Fsp3) is 0.720. The van der Waals surface area contributed by atoms with E-state index >= 15 is 0 Å². The molecule has 3 atom stereocenters. The van der Waals surface area contributed by atoms with Crippen molar-refractivity contribution in [1.82, 2.24) is 15.1 Å². The van der Waals surface area contributed by atoms with Crippen molar-refractivity contribution >= 4 is 29.9 Å². The summed E-state index contributed by atoms with van der Waals surface area (Å²) in [5.41, 5.74) is 2.70. The van der Waals surface area contributed by atoms with E-state index in [0.29, 0.717) is 19.1 Å². The van der Waals surface area contributed by atoms with E-state index in [4.69, 9.17) is 9.47 Å². The molecule has 0 aromatic heterocycles. The Morgan fingerprint density at radius 1 is 1.06 bits per heavy atom. The van der Waals surface area contributed by atoms with E-state index in [-0.39, 0.29) is 24.0 Å². The number of hydrogen-bond acceptors (Lipinski definition) is 4. The number of nitrogens with one attached hydrogen (secondary N) is 1. The lowest BCUT2D eigenvalue weighted by Gasteiger charge is -2.35. The predicted octanol–water partition coefficient (Wildman–Crippen LogP) is 3.84. The summed E-state index contributed by atoms with van der Waals surface area (Å²) in [6.45, 7) is 13.2. The molecule has 0 saturated carbocycles. The Bertz CT molecular complexity index is 675. The van der Waals surface area contributed by atoms with E-state index in [2.05, 4.69) is 58.2 Å². The Hall–Kier alpha value is -0.900. The van der Waals surface area contributed by atoms with Gasteiger partial charge in [-0.25, -0.2) is 0 Å². The Balaban J connectivity index is 0.00000363. The van der Waals surface area contributed by atoms with Crippen LogP contribution in [0.5, 0.6) is 0 Å². The second kappa shape index (κ2) is 14.4. The number of ether oxygens (including phenoxy) is 2. The maximum absolute atomic E-state index is 5.71. The molecular weight excluding hydrogens is 515 g/mol. The highest BCUT2D eigenvalue weighted by atomic mass is 127. The SMILES string of the molecule is CN=C(NCc1ccc(CN2CC(C)CC(C)C2)cc1)N1CCC(COCCOC)C1.I. The molecule has 3 rings (SSSR count). The number of halogens is 1. The van der Waals surface area contributed by atoms with Gasteiger partial charge in [-0.2, -0.15) is 0 Å². The van der Waals surface area contributed by atoms with Crippen LogP contribution in [-0.2, 0) is 22.6 Å². The van der Waals surface area contributed by atoms with Crippen molar-refractivity contribution in [3.05, 3.63) is 35.4 Å². The van der Waals surface area contributed by atoms with Gasteiger partial charge in [-0.15, -0.1) is 24.0 Å². The molecule has 182 valence electrons. The molecule has 1 aromatic carbocycles. The average molecular weight is 559 g/mol. The summed E-state index contributed by atoms with van der Waals surface area (Å²) in [6, 6.07) is 9.07. The number of benzene rings is 1. The van der Waals surface area contributed by atoms with E-state index in [9.17, 15) is 0 Å². The van der Waals surface area contributed by atoms with Crippen LogP contribution in [0.15, 0.2) is 29.3 Å². The Morgan fingerprint density at radius 2 is 1.75 bits per heavy atom. The van der Waals surface area contributed by atoms with Crippen molar-refractivity contribution in [3.63, 3.8) is 0 Å². The minimum atomic E-state index is 0. The maximum Gasteiger partial charge on any atom is 0.193 e. The zero-order chi connectivity index (χ0) is 22.1. The molecule has 1 N–H and O–H groups in total. The third kappa shape index (κ3) is 8.80. The van der Waals surface area contributed by atoms with Gasteiger partial charge in [-0.3, -0.25) is 9.89 Å². The third-order valence-electron chi connectivity index (χ3n) is 6.41. The molecule has 2 heterocycles. The predicted molar refractivity (Wildman–Crippen MR) is 143 cm³/mol. The molecule has 0 bridgehead atoms. The summed E-state index contributed by atoms with van der Waals surface area (Å²) in [6.07, 6.45) is 2.51. The molecular formula is C25H43IN4O2. The second-order valence-electron chi connectivity index (χ2n) is 9.53. The molecule has 0 aliphatic carbocycles. The van der Waals surface area contributed by atoms with Crippen molar-refractivity contribution in [3.8, 4) is 0 Å². The van der Waals surface area contributed by atoms with Crippen LogP contribution < -0.4 is 5.32 Å². The lowest BCUT2D eigenvalue weighted by atomic mass is 9.91. The van der Waals surface area contributed by atoms with Crippen molar-refractivity contribution in [1.29, 1.82) is 0 Å². The fourth-order valence-electron chi connectivity index (χ4n) is 5.01. The highest BCUT2D eigenvalue weighted by molar-refractivity contribution is 14.0. The molecule has 2 saturated heterocycles. The van der Waals surface area contributed by atoms with Gasteiger partial charge in [0.1, 0.15) is 0 Å². The van der Waals surface area contributed by atoms with Crippen LogP contribution in [-0.4, -0.2) is 75.9 Å². The quantitative estimate of drug-likeness (QED) is 0.216. The van der Waals surface area contributed by atoms with E-state index < -0.39 is 0 Å². The summed E-state index contributed by atoms with van der Waals surface area (Å²) >= 11 is 0. The number of piperidine rings is 1. The molecule has 6 nitrogen and oxygen atoms in total. The molecule has 0 spiro atoms. The topological polar surface area (TPSA) is 49.3 Å². The summed E-state index contributed by atoms with van der Waals surface area (Å²) in [4.78, 5) is 9.45. The number of likely N-dealkylation sites (tertiary alicyclic amines) is 2. The summed E-state index contributed by atoms with van der Waals surface area (Å²) < 4.78 is 10.8. The van der Waals surface area contributed by atoms with Crippen LogP contribution in [0.4, 0.5) is 0 Å². The molecule has 7 heteroatoms. The van der Waals surface area contributed by atoms with E-state index in [0.717, 1.165) is 57.0 Å². The van der Waals surface area contributed by atoms with Crippen LogP contribution >= 0.6 is 24.0 Å². The van der Waals surface area contributed by atoms with Crippen molar-refractivity contribution in [2.75, 3.05) is 60.2 Å². The first-order valence-electron chi connectivity index (χ1n) is 11.9. The van der Waals surface area contributed by atoms with Gasteiger partial charge in [0.25, 0.3) is 0 Å². The summed E-state index contributed by atoms with van der Waals surface area (Å²) in [7, 11) is 3.58. The fourth-order valence-corrected chi connectivity index (χ4v) is 5.01. The van der Waals surface area contributed by atoms with Crippen LogP contribution in [0.3, 0.4) is 0 Å². The zero-order valence-electron chi connectivity index (χ0n) is 20.4. The van der Waals surface area contributed by atoms with Gasteiger partial charge >= 0.3 is 0 Å². The van der Waals surface area contributed by atoms with Crippen molar-refractivity contribution in [2.24, 2.45) is 22.7 Å². The molecule has 2 aliphatic rings. The van der Waals surface area contributed by atoms with Gasteiger partial charge in [0.2, 0.25) is 0 Å². The standard InChI is InChI=1S/C25H42N4O2.HI/c1-20-13-21(2)16-28(15-20)17-23-7-5-22(6-8-23)14-27-25(26-3)29-10-9-24(18-29)19-31-12-11-30-4;/h5-8,20-21,24H,9-19H2,1-4H3,(H,26,27);1H. The number of hydrogen-bond donors (Lipinski definition) is 1. The summed E-state index contributed by atoms with van der Waals surface area (Å²) in [5, 5.41) is 3.54. The third-order valence-corrected chi connectivity index (χ3v) is 6.41. The molecule has 2 fully saturated rings. The lowest BCUT2D eigenvalue weighted by Crippen LogP contribution is -2.39. The molecule has 32 heavy (non-hydrogen) atoms.